The first-order valence-corrected chi connectivity index (χ1v) is 4.53. The largest absolute Gasteiger partial charge is 0.345 e. The van der Waals surface area contributed by atoms with Crippen LogP contribution in [0.1, 0.15) is 27.2 Å². The highest BCUT2D eigenvalue weighted by molar-refractivity contribution is 6.35. The monoisotopic (exact) mass is 184 g/mol. The number of nitrogens with one attached hydrogen (secondary N) is 2. The van der Waals surface area contributed by atoms with Crippen molar-refractivity contribution in [1.29, 1.82) is 0 Å². The Hall–Kier alpha value is -1.06. The number of rotatable bonds is 2. The SMILES string of the molecule is CC(C)CC1(C)CNC(=O)C(=O)N1. The van der Waals surface area contributed by atoms with Crippen LogP contribution in [0.2, 0.25) is 0 Å². The Balaban J connectivity index is 2.61. The van der Waals surface area contributed by atoms with E-state index in [1.165, 1.54) is 0 Å². The fraction of sp³-hybridized carbons (Fsp3) is 0.778. The second kappa shape index (κ2) is 3.36. The van der Waals surface area contributed by atoms with E-state index in [1.54, 1.807) is 0 Å². The minimum atomic E-state index is -0.527. The van der Waals surface area contributed by atoms with Gasteiger partial charge in [0.05, 0.1) is 5.54 Å². The van der Waals surface area contributed by atoms with Crippen molar-refractivity contribution in [1.82, 2.24) is 10.6 Å². The predicted molar refractivity (Wildman–Crippen MR) is 49.0 cm³/mol. The smallest absolute Gasteiger partial charge is 0.309 e. The van der Waals surface area contributed by atoms with Crippen LogP contribution < -0.4 is 10.6 Å². The zero-order valence-electron chi connectivity index (χ0n) is 8.31. The lowest BCUT2D eigenvalue weighted by Crippen LogP contribution is -2.63. The summed E-state index contributed by atoms with van der Waals surface area (Å²) in [7, 11) is 0. The first kappa shape index (κ1) is 10.0. The van der Waals surface area contributed by atoms with E-state index in [0.29, 0.717) is 12.5 Å². The molecule has 4 heteroatoms. The van der Waals surface area contributed by atoms with Gasteiger partial charge in [-0.05, 0) is 19.3 Å². The van der Waals surface area contributed by atoms with Crippen molar-refractivity contribution in [3.8, 4) is 0 Å². The second-order valence-electron chi connectivity index (χ2n) is 4.30. The van der Waals surface area contributed by atoms with Gasteiger partial charge < -0.3 is 10.6 Å². The lowest BCUT2D eigenvalue weighted by Gasteiger charge is -2.35. The summed E-state index contributed by atoms with van der Waals surface area (Å²) >= 11 is 0. The van der Waals surface area contributed by atoms with Crippen LogP contribution in [0.3, 0.4) is 0 Å². The van der Waals surface area contributed by atoms with Crippen molar-refractivity contribution in [2.24, 2.45) is 5.92 Å². The van der Waals surface area contributed by atoms with Crippen molar-refractivity contribution in [2.45, 2.75) is 32.7 Å². The number of hydrogen-bond acceptors (Lipinski definition) is 2. The van der Waals surface area contributed by atoms with Gasteiger partial charge in [-0.15, -0.1) is 0 Å². The van der Waals surface area contributed by atoms with E-state index < -0.39 is 11.8 Å². The molecule has 13 heavy (non-hydrogen) atoms. The lowest BCUT2D eigenvalue weighted by molar-refractivity contribution is -0.142. The fourth-order valence-corrected chi connectivity index (χ4v) is 1.75. The predicted octanol–water partition coefficient (Wildman–Crippen LogP) is 0.0372. The summed E-state index contributed by atoms with van der Waals surface area (Å²) in [6.07, 6.45) is 0.874. The molecule has 1 aliphatic heterocycles. The molecule has 0 aliphatic carbocycles. The van der Waals surface area contributed by atoms with E-state index in [2.05, 4.69) is 24.5 Å². The molecule has 2 amide bonds. The first-order valence-electron chi connectivity index (χ1n) is 4.53. The van der Waals surface area contributed by atoms with Crippen LogP contribution in [0.4, 0.5) is 0 Å². The van der Waals surface area contributed by atoms with Gasteiger partial charge >= 0.3 is 11.8 Å². The average Bonchev–Trinajstić information content (AvgIpc) is 1.96. The van der Waals surface area contributed by atoms with Gasteiger partial charge in [0.25, 0.3) is 0 Å². The third-order valence-corrected chi connectivity index (χ3v) is 2.12. The molecule has 1 rings (SSSR count). The standard InChI is InChI=1S/C9H16N2O2/c1-6(2)4-9(3)5-10-7(12)8(13)11-9/h6H,4-5H2,1-3H3,(H,10,12)(H,11,13). The van der Waals surface area contributed by atoms with Crippen LogP contribution in [-0.4, -0.2) is 23.9 Å². The Morgan fingerprint density at radius 3 is 2.46 bits per heavy atom. The maximum Gasteiger partial charge on any atom is 0.309 e. The molecule has 1 atom stereocenters. The molecule has 1 aliphatic rings. The van der Waals surface area contributed by atoms with Crippen molar-refractivity contribution in [2.75, 3.05) is 6.54 Å². The summed E-state index contributed by atoms with van der Waals surface area (Å²) in [5.74, 6) is -0.545. The number of amides is 2. The summed E-state index contributed by atoms with van der Waals surface area (Å²) in [5.41, 5.74) is -0.279. The minimum Gasteiger partial charge on any atom is -0.345 e. The molecule has 0 aromatic rings. The number of carbonyl (C=O) groups excluding carboxylic acids is 2. The quantitative estimate of drug-likeness (QED) is 0.595. The summed E-state index contributed by atoms with van der Waals surface area (Å²) in [5, 5.41) is 5.30. The van der Waals surface area contributed by atoms with E-state index in [0.717, 1.165) is 6.42 Å². The summed E-state index contributed by atoms with van der Waals surface area (Å²) in [6.45, 7) is 6.65. The zero-order valence-corrected chi connectivity index (χ0v) is 8.31. The van der Waals surface area contributed by atoms with E-state index in [1.807, 2.05) is 6.92 Å². The van der Waals surface area contributed by atoms with Crippen LogP contribution in [0.5, 0.6) is 0 Å². The molecule has 0 spiro atoms. The van der Waals surface area contributed by atoms with Gasteiger partial charge in [0.1, 0.15) is 0 Å². The highest BCUT2D eigenvalue weighted by Crippen LogP contribution is 2.17. The molecule has 0 aromatic heterocycles. The molecular formula is C9H16N2O2. The average molecular weight is 184 g/mol. The van der Waals surface area contributed by atoms with Gasteiger partial charge in [-0.25, -0.2) is 0 Å². The van der Waals surface area contributed by atoms with E-state index in [9.17, 15) is 9.59 Å². The highest BCUT2D eigenvalue weighted by Gasteiger charge is 2.34. The molecule has 0 aromatic carbocycles. The third-order valence-electron chi connectivity index (χ3n) is 2.12. The minimum absolute atomic E-state index is 0.279. The lowest BCUT2D eigenvalue weighted by atomic mass is 9.89. The number of hydrogen-bond donors (Lipinski definition) is 2. The molecule has 1 saturated heterocycles. The summed E-state index contributed by atoms with van der Waals surface area (Å²) < 4.78 is 0. The first-order chi connectivity index (χ1) is 5.93. The van der Waals surface area contributed by atoms with Crippen molar-refractivity contribution >= 4 is 11.8 Å². The van der Waals surface area contributed by atoms with Gasteiger partial charge in [0.15, 0.2) is 0 Å². The zero-order chi connectivity index (χ0) is 10.1. The van der Waals surface area contributed by atoms with Gasteiger partial charge in [0, 0.05) is 6.54 Å². The molecule has 1 unspecified atom stereocenters. The number of carbonyl (C=O) groups is 2. The normalized spacial score (nSPS) is 28.6. The maximum atomic E-state index is 11.1. The van der Waals surface area contributed by atoms with Crippen LogP contribution in [0.15, 0.2) is 0 Å². The van der Waals surface area contributed by atoms with Gasteiger partial charge in [0.2, 0.25) is 0 Å². The van der Waals surface area contributed by atoms with Crippen molar-refractivity contribution in [3.05, 3.63) is 0 Å². The topological polar surface area (TPSA) is 58.2 Å². The van der Waals surface area contributed by atoms with Crippen LogP contribution in [0.25, 0.3) is 0 Å². The third kappa shape index (κ3) is 2.44. The molecule has 0 bridgehead atoms. The van der Waals surface area contributed by atoms with Gasteiger partial charge in [-0.1, -0.05) is 13.8 Å². The molecule has 0 saturated carbocycles. The van der Waals surface area contributed by atoms with Gasteiger partial charge in [-0.2, -0.15) is 0 Å². The molecular weight excluding hydrogens is 168 g/mol. The molecule has 1 fully saturated rings. The Morgan fingerprint density at radius 1 is 1.38 bits per heavy atom. The van der Waals surface area contributed by atoms with E-state index >= 15 is 0 Å². The highest BCUT2D eigenvalue weighted by atomic mass is 16.2. The molecule has 74 valence electrons. The molecule has 1 heterocycles. The molecule has 0 radical (unpaired) electrons. The summed E-state index contributed by atoms with van der Waals surface area (Å²) in [6, 6.07) is 0. The van der Waals surface area contributed by atoms with Gasteiger partial charge in [-0.3, -0.25) is 9.59 Å². The number of piperazine rings is 1. The maximum absolute atomic E-state index is 11.1. The Kier molecular flexibility index (Phi) is 2.59. The van der Waals surface area contributed by atoms with Crippen LogP contribution in [0, 0.1) is 5.92 Å². The van der Waals surface area contributed by atoms with E-state index in [4.69, 9.17) is 0 Å². The molecule has 4 nitrogen and oxygen atoms in total. The van der Waals surface area contributed by atoms with Crippen LogP contribution >= 0.6 is 0 Å². The van der Waals surface area contributed by atoms with E-state index in [-0.39, 0.29) is 5.54 Å². The fourth-order valence-electron chi connectivity index (χ4n) is 1.75. The molecule has 2 N–H and O–H groups in total. The van der Waals surface area contributed by atoms with Crippen molar-refractivity contribution < 1.29 is 9.59 Å². The Labute approximate surface area is 78.1 Å². The van der Waals surface area contributed by atoms with Crippen molar-refractivity contribution in [3.63, 3.8) is 0 Å². The Bertz CT molecular complexity index is 238. The summed E-state index contributed by atoms with van der Waals surface area (Å²) in [4.78, 5) is 21.9. The second-order valence-corrected chi connectivity index (χ2v) is 4.30. The van der Waals surface area contributed by atoms with Crippen LogP contribution in [-0.2, 0) is 9.59 Å². The Morgan fingerprint density at radius 2 is 2.00 bits per heavy atom.